The lowest BCUT2D eigenvalue weighted by Crippen LogP contribution is -2.20. The van der Waals surface area contributed by atoms with Crippen LogP contribution in [0.3, 0.4) is 0 Å². The molecule has 1 aliphatic rings. The van der Waals surface area contributed by atoms with Gasteiger partial charge in [-0.2, -0.15) is 0 Å². The first-order valence-electron chi connectivity index (χ1n) is 6.95. The van der Waals surface area contributed by atoms with E-state index in [-0.39, 0.29) is 0 Å². The number of nitrogens with one attached hydrogen (secondary N) is 1. The van der Waals surface area contributed by atoms with E-state index in [9.17, 15) is 0 Å². The molecule has 1 aliphatic heterocycles. The van der Waals surface area contributed by atoms with Gasteiger partial charge >= 0.3 is 0 Å². The van der Waals surface area contributed by atoms with Gasteiger partial charge in [0, 0.05) is 6.54 Å². The van der Waals surface area contributed by atoms with Gasteiger partial charge in [-0.25, -0.2) is 0 Å². The predicted octanol–water partition coefficient (Wildman–Crippen LogP) is 2.09. The molecular weight excluding hydrogens is 224 g/mol. The highest BCUT2D eigenvalue weighted by Gasteiger charge is 2.10. The van der Waals surface area contributed by atoms with Gasteiger partial charge in [0.2, 0.25) is 0 Å². The van der Waals surface area contributed by atoms with E-state index in [1.54, 1.807) is 0 Å². The third-order valence-electron chi connectivity index (χ3n) is 3.52. The fraction of sp³-hybridized carbons (Fsp3) is 0.600. The lowest BCUT2D eigenvalue weighted by atomic mass is 10.0. The summed E-state index contributed by atoms with van der Waals surface area (Å²) < 4.78 is 5.62. The van der Waals surface area contributed by atoms with Crippen molar-refractivity contribution < 1.29 is 4.74 Å². The number of aryl methyl sites for hydroxylation is 1. The fourth-order valence-electron chi connectivity index (χ4n) is 2.22. The van der Waals surface area contributed by atoms with Gasteiger partial charge in [0.25, 0.3) is 0 Å². The first-order chi connectivity index (χ1) is 8.79. The van der Waals surface area contributed by atoms with Gasteiger partial charge in [-0.05, 0) is 55.5 Å². The molecule has 0 bridgehead atoms. The number of fused-ring (bicyclic) bond motifs is 1. The molecule has 0 aliphatic carbocycles. The smallest absolute Gasteiger partial charge is 0.122 e. The summed E-state index contributed by atoms with van der Waals surface area (Å²) in [4.78, 5) is 0. The monoisotopic (exact) mass is 248 g/mol. The average Bonchev–Trinajstić information content (AvgIpc) is 2.43. The Morgan fingerprint density at radius 2 is 2.33 bits per heavy atom. The molecule has 1 heterocycles. The van der Waals surface area contributed by atoms with E-state index in [4.69, 9.17) is 10.5 Å². The summed E-state index contributed by atoms with van der Waals surface area (Å²) in [7, 11) is 0. The minimum atomic E-state index is 0.606. The summed E-state index contributed by atoms with van der Waals surface area (Å²) in [5.74, 6) is 1.68. The molecule has 100 valence electrons. The van der Waals surface area contributed by atoms with Crippen molar-refractivity contribution in [3.63, 3.8) is 0 Å². The Labute approximate surface area is 110 Å². The molecule has 0 radical (unpaired) electrons. The minimum absolute atomic E-state index is 0.606. The van der Waals surface area contributed by atoms with Gasteiger partial charge in [0.1, 0.15) is 5.75 Å². The number of nitrogens with two attached hydrogens (primary N) is 1. The number of benzene rings is 1. The normalized spacial score (nSPS) is 15.9. The van der Waals surface area contributed by atoms with Gasteiger partial charge in [-0.3, -0.25) is 0 Å². The van der Waals surface area contributed by atoms with Gasteiger partial charge in [-0.15, -0.1) is 0 Å². The van der Waals surface area contributed by atoms with Crippen LogP contribution in [0.15, 0.2) is 18.2 Å². The van der Waals surface area contributed by atoms with Crippen molar-refractivity contribution in [2.45, 2.75) is 32.7 Å². The van der Waals surface area contributed by atoms with Crippen LogP contribution < -0.4 is 15.8 Å². The van der Waals surface area contributed by atoms with Crippen LogP contribution >= 0.6 is 0 Å². The molecule has 0 amide bonds. The molecular formula is C15H24N2O. The van der Waals surface area contributed by atoms with E-state index in [0.29, 0.717) is 5.92 Å². The van der Waals surface area contributed by atoms with Crippen LogP contribution in [-0.4, -0.2) is 19.7 Å². The maximum Gasteiger partial charge on any atom is 0.122 e. The Kier molecular flexibility index (Phi) is 5.02. The number of ether oxygens (including phenoxy) is 1. The molecule has 0 spiro atoms. The Balaban J connectivity index is 1.79. The van der Waals surface area contributed by atoms with Gasteiger partial charge in [0.15, 0.2) is 0 Å². The van der Waals surface area contributed by atoms with Crippen molar-refractivity contribution in [2.75, 3.05) is 19.7 Å². The Bertz CT molecular complexity index is 379. The van der Waals surface area contributed by atoms with Crippen LogP contribution in [0.1, 0.15) is 30.9 Å². The van der Waals surface area contributed by atoms with Crippen LogP contribution in [0.2, 0.25) is 0 Å². The zero-order valence-corrected chi connectivity index (χ0v) is 11.2. The summed E-state index contributed by atoms with van der Waals surface area (Å²) in [6.45, 7) is 5.80. The predicted molar refractivity (Wildman–Crippen MR) is 74.8 cm³/mol. The summed E-state index contributed by atoms with van der Waals surface area (Å²) >= 11 is 0. The lowest BCUT2D eigenvalue weighted by molar-refractivity contribution is 0.288. The molecule has 0 saturated carbocycles. The first-order valence-corrected chi connectivity index (χ1v) is 6.95. The van der Waals surface area contributed by atoms with Gasteiger partial charge < -0.3 is 15.8 Å². The van der Waals surface area contributed by atoms with E-state index in [0.717, 1.165) is 51.3 Å². The molecule has 3 nitrogen and oxygen atoms in total. The van der Waals surface area contributed by atoms with Gasteiger partial charge in [-0.1, -0.05) is 19.1 Å². The lowest BCUT2D eigenvalue weighted by Gasteiger charge is -2.18. The maximum absolute atomic E-state index is 5.62. The fourth-order valence-corrected chi connectivity index (χ4v) is 2.22. The van der Waals surface area contributed by atoms with Gasteiger partial charge in [0.05, 0.1) is 6.61 Å². The zero-order chi connectivity index (χ0) is 12.8. The SMILES string of the molecule is CC(CN)CCNCc1ccc2c(c1)CCCO2. The summed E-state index contributed by atoms with van der Waals surface area (Å²) in [5.41, 5.74) is 8.30. The summed E-state index contributed by atoms with van der Waals surface area (Å²) in [5, 5.41) is 3.48. The highest BCUT2D eigenvalue weighted by atomic mass is 16.5. The zero-order valence-electron chi connectivity index (χ0n) is 11.2. The van der Waals surface area contributed by atoms with E-state index < -0.39 is 0 Å². The molecule has 18 heavy (non-hydrogen) atoms. The highest BCUT2D eigenvalue weighted by Crippen LogP contribution is 2.25. The summed E-state index contributed by atoms with van der Waals surface area (Å²) in [6, 6.07) is 6.53. The number of rotatable bonds is 6. The molecule has 1 unspecified atom stereocenters. The van der Waals surface area contributed by atoms with E-state index in [2.05, 4.69) is 30.4 Å². The second-order valence-electron chi connectivity index (χ2n) is 5.20. The molecule has 0 saturated heterocycles. The second kappa shape index (κ2) is 6.76. The highest BCUT2D eigenvalue weighted by molar-refractivity contribution is 5.38. The largest absolute Gasteiger partial charge is 0.493 e. The molecule has 0 fully saturated rings. The van der Waals surface area contributed by atoms with Crippen LogP contribution in [0.5, 0.6) is 5.75 Å². The molecule has 1 atom stereocenters. The van der Waals surface area contributed by atoms with Crippen molar-refractivity contribution in [1.82, 2.24) is 5.32 Å². The molecule has 3 N–H and O–H groups in total. The average molecular weight is 248 g/mol. The van der Waals surface area contributed by atoms with Crippen LogP contribution in [0.4, 0.5) is 0 Å². The molecule has 3 heteroatoms. The van der Waals surface area contributed by atoms with Crippen LogP contribution in [0, 0.1) is 5.92 Å². The Morgan fingerprint density at radius 3 is 3.17 bits per heavy atom. The molecule has 0 aromatic heterocycles. The second-order valence-corrected chi connectivity index (χ2v) is 5.20. The minimum Gasteiger partial charge on any atom is -0.493 e. The third kappa shape index (κ3) is 3.72. The van der Waals surface area contributed by atoms with E-state index in [1.807, 2.05) is 0 Å². The number of hydrogen-bond donors (Lipinski definition) is 2. The van der Waals surface area contributed by atoms with Crippen LogP contribution in [-0.2, 0) is 13.0 Å². The van der Waals surface area contributed by atoms with Crippen molar-refractivity contribution >= 4 is 0 Å². The first kappa shape index (κ1) is 13.4. The molecule has 1 aromatic carbocycles. The topological polar surface area (TPSA) is 47.3 Å². The molecule has 1 aromatic rings. The third-order valence-corrected chi connectivity index (χ3v) is 3.52. The summed E-state index contributed by atoms with van der Waals surface area (Å²) in [6.07, 6.45) is 3.43. The van der Waals surface area contributed by atoms with E-state index in [1.165, 1.54) is 11.1 Å². The van der Waals surface area contributed by atoms with Crippen molar-refractivity contribution in [1.29, 1.82) is 0 Å². The van der Waals surface area contributed by atoms with E-state index >= 15 is 0 Å². The standard InChI is InChI=1S/C15H24N2O/c1-12(10-16)6-7-17-11-13-4-5-15-14(9-13)3-2-8-18-15/h4-5,9,12,17H,2-3,6-8,10-11,16H2,1H3. The maximum atomic E-state index is 5.62. The number of hydrogen-bond acceptors (Lipinski definition) is 3. The molecule has 2 rings (SSSR count). The van der Waals surface area contributed by atoms with Crippen molar-refractivity contribution in [2.24, 2.45) is 11.7 Å². The van der Waals surface area contributed by atoms with Crippen molar-refractivity contribution in [3.05, 3.63) is 29.3 Å². The van der Waals surface area contributed by atoms with Crippen molar-refractivity contribution in [3.8, 4) is 5.75 Å². The quantitative estimate of drug-likeness (QED) is 0.758. The Hall–Kier alpha value is -1.06. The Morgan fingerprint density at radius 1 is 1.44 bits per heavy atom. The van der Waals surface area contributed by atoms with Crippen LogP contribution in [0.25, 0.3) is 0 Å².